The quantitative estimate of drug-likeness (QED) is 0.216. The Kier molecular flexibility index (Phi) is 5.04. The molecule has 2 saturated heterocycles. The number of carbonyl (C=O) groups excluding carboxylic acids is 2. The number of ether oxygens (including phenoxy) is 1. The first kappa shape index (κ1) is 21.0. The van der Waals surface area contributed by atoms with Crippen LogP contribution in [0.25, 0.3) is 0 Å². The van der Waals surface area contributed by atoms with Crippen LogP contribution in [0, 0.1) is 0 Å². The average molecular weight is 448 g/mol. The third kappa shape index (κ3) is 3.46. The lowest BCUT2D eigenvalue weighted by Gasteiger charge is -2.36. The molecule has 5 atom stereocenters. The Labute approximate surface area is 180 Å². The van der Waals surface area contributed by atoms with E-state index in [1.165, 1.54) is 41.1 Å². The van der Waals surface area contributed by atoms with E-state index >= 15 is 0 Å². The molecule has 1 aromatic rings. The fourth-order valence-electron chi connectivity index (χ4n) is 3.81. The minimum absolute atomic E-state index is 0.0113. The van der Waals surface area contributed by atoms with Gasteiger partial charge in [-0.05, 0) is 26.0 Å². The zero-order chi connectivity index (χ0) is 22.5. The lowest BCUT2D eigenvalue weighted by molar-refractivity contribution is -0.156. The van der Waals surface area contributed by atoms with Crippen molar-refractivity contribution in [2.75, 3.05) is 0 Å². The molecule has 0 unspecified atom stereocenters. The van der Waals surface area contributed by atoms with Gasteiger partial charge < -0.3 is 25.0 Å². The highest BCUT2D eigenvalue weighted by Gasteiger charge is 2.60. The molecule has 0 aliphatic carbocycles. The highest BCUT2D eigenvalue weighted by atomic mass is 32.2. The summed E-state index contributed by atoms with van der Waals surface area (Å²) in [5, 5.41) is 32.9. The zero-order valence-electron chi connectivity index (χ0n) is 16.6. The number of thioether (sulfide) groups is 1. The first-order valence-electron chi connectivity index (χ1n) is 9.44. The van der Waals surface area contributed by atoms with E-state index in [2.05, 4.69) is 15.5 Å². The van der Waals surface area contributed by atoms with Crippen LogP contribution in [-0.4, -0.2) is 78.4 Å². The number of nitrogens with zero attached hydrogens (tertiary/aromatic N) is 3. The number of phenolic OH excluding ortho intramolecular Hbond substituents is 2. The minimum atomic E-state index is -1.14. The Hall–Kier alpha value is -3.28. The summed E-state index contributed by atoms with van der Waals surface area (Å²) in [6.07, 6.45) is 0.946. The van der Waals surface area contributed by atoms with E-state index < -0.39 is 40.6 Å². The third-order valence-electron chi connectivity index (χ3n) is 5.40. The maximum absolute atomic E-state index is 12.6. The Morgan fingerprint density at radius 1 is 1.42 bits per heavy atom. The molecule has 0 saturated carbocycles. The molecule has 2 amide bonds. The van der Waals surface area contributed by atoms with Crippen molar-refractivity contribution < 1.29 is 34.4 Å². The summed E-state index contributed by atoms with van der Waals surface area (Å²) in [5.41, 5.74) is 2.50. The monoisotopic (exact) mass is 448 g/mol. The van der Waals surface area contributed by atoms with Crippen LogP contribution in [0.4, 0.5) is 0 Å². The summed E-state index contributed by atoms with van der Waals surface area (Å²) in [6, 6.07) is 2.27. The number of aliphatic carboxylic acids is 1. The Morgan fingerprint density at radius 3 is 2.84 bits per heavy atom. The van der Waals surface area contributed by atoms with Gasteiger partial charge in [0.2, 0.25) is 11.8 Å². The number of carbonyl (C=O) groups is 3. The number of hydrazone groups is 1. The molecular weight excluding hydrogens is 428 g/mol. The van der Waals surface area contributed by atoms with Gasteiger partial charge in [-0.15, -0.1) is 11.8 Å². The minimum Gasteiger partial charge on any atom is -0.504 e. The van der Waals surface area contributed by atoms with E-state index in [9.17, 15) is 29.7 Å². The van der Waals surface area contributed by atoms with E-state index in [-0.39, 0.29) is 34.9 Å². The fraction of sp³-hybridized carbons (Fsp3) is 0.421. The van der Waals surface area contributed by atoms with E-state index in [0.717, 1.165) is 0 Å². The van der Waals surface area contributed by atoms with Gasteiger partial charge in [0.15, 0.2) is 17.5 Å². The molecule has 4 rings (SSSR count). The molecule has 4 N–H and O–H groups in total. The number of para-hydroxylation sites is 1. The van der Waals surface area contributed by atoms with Crippen molar-refractivity contribution in [2.24, 2.45) is 10.1 Å². The number of phenols is 2. The maximum atomic E-state index is 12.6. The second kappa shape index (κ2) is 7.45. The molecule has 0 radical (unpaired) electrons. The number of aliphatic imine (C=N–C) groups is 1. The van der Waals surface area contributed by atoms with Crippen LogP contribution in [0.15, 0.2) is 28.3 Å². The smallest absolute Gasteiger partial charge is 0.328 e. The molecule has 3 aliphatic heterocycles. The van der Waals surface area contributed by atoms with Crippen molar-refractivity contribution in [1.82, 2.24) is 10.3 Å². The first-order chi connectivity index (χ1) is 14.6. The maximum Gasteiger partial charge on any atom is 0.328 e. The highest BCUT2D eigenvalue weighted by Crippen LogP contribution is 2.50. The molecule has 2 fully saturated rings. The normalized spacial score (nSPS) is 31.7. The molecule has 31 heavy (non-hydrogen) atoms. The topological polar surface area (TPSA) is 161 Å². The van der Waals surface area contributed by atoms with Crippen molar-refractivity contribution in [3.8, 4) is 11.5 Å². The van der Waals surface area contributed by atoms with Crippen molar-refractivity contribution in [3.05, 3.63) is 23.8 Å². The average Bonchev–Trinajstić information content (AvgIpc) is 3.19. The van der Waals surface area contributed by atoms with Gasteiger partial charge >= 0.3 is 5.97 Å². The Balaban J connectivity index is 1.46. The van der Waals surface area contributed by atoms with Crippen molar-refractivity contribution in [2.45, 2.75) is 48.6 Å². The lowest BCUT2D eigenvalue weighted by Crippen LogP contribution is -2.57. The van der Waals surface area contributed by atoms with Gasteiger partial charge in [0.1, 0.15) is 12.1 Å². The Morgan fingerprint density at radius 2 is 2.16 bits per heavy atom. The molecule has 1 aromatic carbocycles. The number of benzene rings is 1. The van der Waals surface area contributed by atoms with Crippen molar-refractivity contribution >= 4 is 41.7 Å². The number of rotatable bonds is 5. The molecule has 0 spiro atoms. The van der Waals surface area contributed by atoms with Crippen LogP contribution in [0.2, 0.25) is 0 Å². The summed E-state index contributed by atoms with van der Waals surface area (Å²) in [4.78, 5) is 41.5. The van der Waals surface area contributed by atoms with Crippen LogP contribution in [0.3, 0.4) is 0 Å². The predicted molar refractivity (Wildman–Crippen MR) is 110 cm³/mol. The summed E-state index contributed by atoms with van der Waals surface area (Å²) < 4.78 is 4.55. The lowest BCUT2D eigenvalue weighted by atomic mass is 9.97. The van der Waals surface area contributed by atoms with E-state index in [1.807, 2.05) is 0 Å². The molecular formula is C19H20N4O7S. The number of fused-ring (bicyclic) bond motifs is 1. The molecule has 0 bridgehead atoms. The predicted octanol–water partition coefficient (Wildman–Crippen LogP) is 0.251. The number of β-lactam (4-membered cyclic amide) rings is 1. The Bertz CT molecular complexity index is 1030. The fourth-order valence-corrected chi connectivity index (χ4v) is 5.43. The first-order valence-corrected chi connectivity index (χ1v) is 10.3. The number of aromatic hydroxyl groups is 2. The summed E-state index contributed by atoms with van der Waals surface area (Å²) in [7, 11) is 0. The summed E-state index contributed by atoms with van der Waals surface area (Å²) >= 11 is 1.31. The van der Waals surface area contributed by atoms with Crippen molar-refractivity contribution in [3.63, 3.8) is 0 Å². The molecule has 0 aromatic heterocycles. The number of hydrogen-bond acceptors (Lipinski definition) is 9. The summed E-state index contributed by atoms with van der Waals surface area (Å²) in [6.45, 7) is 3.27. The van der Waals surface area contributed by atoms with E-state index in [4.69, 9.17) is 4.74 Å². The van der Waals surface area contributed by atoms with Crippen molar-refractivity contribution in [1.29, 1.82) is 0 Å². The van der Waals surface area contributed by atoms with Gasteiger partial charge in [-0.1, -0.05) is 6.07 Å². The molecule has 12 heteroatoms. The van der Waals surface area contributed by atoms with Crippen LogP contribution in [0.5, 0.6) is 11.5 Å². The number of carboxylic acid groups (broad SMARTS) is 1. The number of hydrogen-bond donors (Lipinski definition) is 4. The molecule has 11 nitrogen and oxygen atoms in total. The second-order valence-electron chi connectivity index (χ2n) is 7.61. The van der Waals surface area contributed by atoms with Crippen LogP contribution < -0.4 is 5.43 Å². The largest absolute Gasteiger partial charge is 0.504 e. The zero-order valence-corrected chi connectivity index (χ0v) is 17.4. The number of nitrogens with one attached hydrogen (secondary N) is 1. The van der Waals surface area contributed by atoms with Gasteiger partial charge in [0.25, 0.3) is 5.91 Å². The van der Waals surface area contributed by atoms with Crippen LogP contribution >= 0.6 is 11.8 Å². The van der Waals surface area contributed by atoms with Crippen LogP contribution in [-0.2, 0) is 19.1 Å². The molecule has 3 aliphatic rings. The van der Waals surface area contributed by atoms with E-state index in [0.29, 0.717) is 0 Å². The van der Waals surface area contributed by atoms with Gasteiger partial charge in [-0.25, -0.2) is 15.2 Å². The SMILES string of the molecule is C[C@H]1OC(c2cccc(O)c2O)=N[C@@H]1C(=O)N/N=C/[C@]1(C)S[C@@H]2CC(=O)N2[C@H]1C(=O)O. The van der Waals surface area contributed by atoms with Gasteiger partial charge in [-0.2, -0.15) is 5.10 Å². The van der Waals surface area contributed by atoms with E-state index in [1.54, 1.807) is 13.8 Å². The van der Waals surface area contributed by atoms with Gasteiger partial charge in [-0.3, -0.25) is 9.59 Å². The summed E-state index contributed by atoms with van der Waals surface area (Å²) in [5.74, 6) is -2.68. The third-order valence-corrected chi connectivity index (χ3v) is 6.90. The number of amides is 2. The second-order valence-corrected chi connectivity index (χ2v) is 9.27. The standard InChI is InChI=1S/C19H20N4O7S/c1-8-13(21-17(30-8)9-4-3-5-10(24)14(9)26)16(27)22-20-7-19(2)15(18(28)29)23-11(25)6-12(23)31-19/h3-5,7-8,12-13,15,24,26H,6H2,1-2H3,(H,22,27)(H,28,29)/b20-7+/t8-,12-,13+,15+,19+/m1/s1. The molecule has 164 valence electrons. The molecule has 3 heterocycles. The number of carboxylic acids is 1. The highest BCUT2D eigenvalue weighted by molar-refractivity contribution is 8.02. The van der Waals surface area contributed by atoms with Gasteiger partial charge in [0.05, 0.1) is 22.1 Å². The van der Waals surface area contributed by atoms with Gasteiger partial charge in [0, 0.05) is 6.21 Å². The van der Waals surface area contributed by atoms with Crippen LogP contribution in [0.1, 0.15) is 25.8 Å².